The SMILES string of the molecule is c1ccc(CN[C@H]2C[C@@H]2c2ccccc2)cc1. The molecule has 3 rings (SSSR count). The van der Waals surface area contributed by atoms with Gasteiger partial charge in [-0.15, -0.1) is 0 Å². The summed E-state index contributed by atoms with van der Waals surface area (Å²) in [4.78, 5) is 0. The molecule has 2 atom stereocenters. The lowest BCUT2D eigenvalue weighted by Crippen LogP contribution is -2.17. The second kappa shape index (κ2) is 4.72. The summed E-state index contributed by atoms with van der Waals surface area (Å²) < 4.78 is 0. The van der Waals surface area contributed by atoms with Crippen molar-refractivity contribution in [3.05, 3.63) is 71.8 Å². The summed E-state index contributed by atoms with van der Waals surface area (Å²) in [5.74, 6) is 0.722. The van der Waals surface area contributed by atoms with Gasteiger partial charge in [-0.2, -0.15) is 0 Å². The van der Waals surface area contributed by atoms with Gasteiger partial charge in [0.2, 0.25) is 0 Å². The van der Waals surface area contributed by atoms with Crippen LogP contribution in [0.3, 0.4) is 0 Å². The van der Waals surface area contributed by atoms with Crippen LogP contribution >= 0.6 is 0 Å². The molecule has 2 aromatic carbocycles. The second-order valence-electron chi connectivity index (χ2n) is 4.73. The van der Waals surface area contributed by atoms with Crippen LogP contribution in [0.25, 0.3) is 0 Å². The van der Waals surface area contributed by atoms with Crippen molar-refractivity contribution >= 4 is 0 Å². The summed E-state index contributed by atoms with van der Waals surface area (Å²) >= 11 is 0. The molecule has 0 spiro atoms. The van der Waals surface area contributed by atoms with Crippen LogP contribution in [0.15, 0.2) is 60.7 Å². The van der Waals surface area contributed by atoms with E-state index >= 15 is 0 Å². The molecular weight excluding hydrogens is 206 g/mol. The second-order valence-corrected chi connectivity index (χ2v) is 4.73. The highest BCUT2D eigenvalue weighted by Gasteiger charge is 2.37. The highest BCUT2D eigenvalue weighted by atomic mass is 15.0. The van der Waals surface area contributed by atoms with Crippen molar-refractivity contribution in [1.82, 2.24) is 5.32 Å². The minimum atomic E-state index is 0.664. The van der Waals surface area contributed by atoms with Crippen LogP contribution < -0.4 is 5.32 Å². The Morgan fingerprint density at radius 2 is 1.53 bits per heavy atom. The van der Waals surface area contributed by atoms with Gasteiger partial charge in [-0.3, -0.25) is 0 Å². The van der Waals surface area contributed by atoms with E-state index in [1.807, 2.05) is 0 Å². The molecule has 0 aromatic heterocycles. The monoisotopic (exact) mass is 223 g/mol. The van der Waals surface area contributed by atoms with Crippen LogP contribution in [-0.2, 0) is 6.54 Å². The zero-order valence-corrected chi connectivity index (χ0v) is 9.84. The molecule has 1 fully saturated rings. The number of benzene rings is 2. The van der Waals surface area contributed by atoms with E-state index in [2.05, 4.69) is 66.0 Å². The number of rotatable bonds is 4. The highest BCUT2D eigenvalue weighted by molar-refractivity contribution is 5.28. The Bertz CT molecular complexity index is 463. The van der Waals surface area contributed by atoms with Crippen LogP contribution in [0.4, 0.5) is 0 Å². The Labute approximate surface area is 102 Å². The molecule has 0 aliphatic heterocycles. The van der Waals surface area contributed by atoms with Crippen molar-refractivity contribution in [2.24, 2.45) is 0 Å². The molecule has 1 aliphatic carbocycles. The molecule has 0 amide bonds. The van der Waals surface area contributed by atoms with Crippen molar-refractivity contribution in [3.63, 3.8) is 0 Å². The molecule has 0 heterocycles. The first-order valence-corrected chi connectivity index (χ1v) is 6.26. The van der Waals surface area contributed by atoms with Crippen molar-refractivity contribution in [3.8, 4) is 0 Å². The topological polar surface area (TPSA) is 12.0 Å². The summed E-state index contributed by atoms with van der Waals surface area (Å²) in [5, 5.41) is 3.62. The minimum Gasteiger partial charge on any atom is -0.309 e. The lowest BCUT2D eigenvalue weighted by Gasteiger charge is -2.04. The molecule has 0 unspecified atom stereocenters. The van der Waals surface area contributed by atoms with E-state index in [-0.39, 0.29) is 0 Å². The summed E-state index contributed by atoms with van der Waals surface area (Å²) in [6.07, 6.45) is 1.27. The fourth-order valence-electron chi connectivity index (χ4n) is 2.33. The van der Waals surface area contributed by atoms with E-state index in [0.29, 0.717) is 6.04 Å². The standard InChI is InChI=1S/C16H17N/c1-3-7-13(8-4-1)12-17-16-11-15(16)14-9-5-2-6-10-14/h1-10,15-17H,11-12H2/t15-,16+/m1/s1. The lowest BCUT2D eigenvalue weighted by atomic mass is 10.1. The highest BCUT2D eigenvalue weighted by Crippen LogP contribution is 2.40. The summed E-state index contributed by atoms with van der Waals surface area (Å²) in [5.41, 5.74) is 2.84. The summed E-state index contributed by atoms with van der Waals surface area (Å²) in [7, 11) is 0. The largest absolute Gasteiger partial charge is 0.309 e. The van der Waals surface area contributed by atoms with Gasteiger partial charge in [-0.1, -0.05) is 60.7 Å². The molecule has 86 valence electrons. The van der Waals surface area contributed by atoms with Gasteiger partial charge in [0.05, 0.1) is 0 Å². The third kappa shape index (κ3) is 2.56. The Hall–Kier alpha value is -1.60. The molecule has 1 N–H and O–H groups in total. The van der Waals surface area contributed by atoms with Gasteiger partial charge in [0.15, 0.2) is 0 Å². The van der Waals surface area contributed by atoms with Gasteiger partial charge in [0.25, 0.3) is 0 Å². The predicted molar refractivity (Wildman–Crippen MR) is 70.9 cm³/mol. The predicted octanol–water partition coefficient (Wildman–Crippen LogP) is 3.33. The Kier molecular flexibility index (Phi) is 2.93. The van der Waals surface area contributed by atoms with E-state index in [4.69, 9.17) is 0 Å². The molecule has 2 aromatic rings. The molecule has 1 saturated carbocycles. The molecule has 1 aliphatic rings. The zero-order chi connectivity index (χ0) is 11.5. The van der Waals surface area contributed by atoms with E-state index in [1.54, 1.807) is 0 Å². The van der Waals surface area contributed by atoms with Crippen molar-refractivity contribution < 1.29 is 0 Å². The van der Waals surface area contributed by atoms with Gasteiger partial charge in [-0.25, -0.2) is 0 Å². The first-order chi connectivity index (χ1) is 8.43. The average Bonchev–Trinajstić information content (AvgIpc) is 3.18. The normalized spacial score (nSPS) is 22.4. The Morgan fingerprint density at radius 3 is 2.24 bits per heavy atom. The quantitative estimate of drug-likeness (QED) is 0.838. The van der Waals surface area contributed by atoms with Crippen LogP contribution in [0.2, 0.25) is 0 Å². The van der Waals surface area contributed by atoms with Crippen LogP contribution in [0, 0.1) is 0 Å². The van der Waals surface area contributed by atoms with Gasteiger partial charge >= 0.3 is 0 Å². The smallest absolute Gasteiger partial charge is 0.0208 e. The number of nitrogens with one attached hydrogen (secondary N) is 1. The summed E-state index contributed by atoms with van der Waals surface area (Å²) in [6.45, 7) is 0.981. The lowest BCUT2D eigenvalue weighted by molar-refractivity contribution is 0.673. The molecule has 17 heavy (non-hydrogen) atoms. The maximum absolute atomic E-state index is 3.62. The van der Waals surface area contributed by atoms with Crippen LogP contribution in [0.5, 0.6) is 0 Å². The van der Waals surface area contributed by atoms with E-state index in [0.717, 1.165) is 12.5 Å². The number of hydrogen-bond acceptors (Lipinski definition) is 1. The van der Waals surface area contributed by atoms with Gasteiger partial charge in [-0.05, 0) is 17.5 Å². The molecule has 0 bridgehead atoms. The van der Waals surface area contributed by atoms with Crippen LogP contribution in [0.1, 0.15) is 23.5 Å². The van der Waals surface area contributed by atoms with Gasteiger partial charge in [0.1, 0.15) is 0 Å². The summed E-state index contributed by atoms with van der Waals surface area (Å²) in [6, 6.07) is 22.1. The molecular formula is C16H17N. The van der Waals surface area contributed by atoms with E-state index in [9.17, 15) is 0 Å². The molecule has 0 saturated heterocycles. The first kappa shape index (κ1) is 10.5. The fourth-order valence-corrected chi connectivity index (χ4v) is 2.33. The first-order valence-electron chi connectivity index (χ1n) is 6.26. The van der Waals surface area contributed by atoms with Crippen LogP contribution in [-0.4, -0.2) is 6.04 Å². The Morgan fingerprint density at radius 1 is 0.882 bits per heavy atom. The third-order valence-electron chi connectivity index (χ3n) is 3.43. The minimum absolute atomic E-state index is 0.664. The number of hydrogen-bond donors (Lipinski definition) is 1. The van der Waals surface area contributed by atoms with Crippen molar-refractivity contribution in [2.75, 3.05) is 0 Å². The maximum Gasteiger partial charge on any atom is 0.0208 e. The molecule has 1 nitrogen and oxygen atoms in total. The van der Waals surface area contributed by atoms with Gasteiger partial charge < -0.3 is 5.32 Å². The van der Waals surface area contributed by atoms with Gasteiger partial charge in [0, 0.05) is 18.5 Å². The van der Waals surface area contributed by atoms with E-state index < -0.39 is 0 Å². The fraction of sp³-hybridized carbons (Fsp3) is 0.250. The molecule has 1 heteroatoms. The zero-order valence-electron chi connectivity index (χ0n) is 9.84. The third-order valence-corrected chi connectivity index (χ3v) is 3.43. The maximum atomic E-state index is 3.62. The van der Waals surface area contributed by atoms with Crippen molar-refractivity contribution in [1.29, 1.82) is 0 Å². The van der Waals surface area contributed by atoms with E-state index in [1.165, 1.54) is 17.5 Å². The van der Waals surface area contributed by atoms with Crippen molar-refractivity contribution in [2.45, 2.75) is 24.9 Å². The molecule has 0 radical (unpaired) electrons. The average molecular weight is 223 g/mol. The Balaban J connectivity index is 1.53.